The Morgan fingerprint density at radius 2 is 1.97 bits per heavy atom. The molecule has 0 spiro atoms. The lowest BCUT2D eigenvalue weighted by Crippen LogP contribution is -2.34. The van der Waals surface area contributed by atoms with Crippen LogP contribution in [0.4, 0.5) is 10.2 Å². The highest BCUT2D eigenvalue weighted by atomic mass is 19.1. The van der Waals surface area contributed by atoms with Gasteiger partial charge < -0.3 is 10.6 Å². The molecule has 0 radical (unpaired) electrons. The molecule has 2 saturated heterocycles. The minimum absolute atomic E-state index is 0.00479. The normalized spacial score (nSPS) is 18.4. The molecule has 5 rings (SSSR count). The van der Waals surface area contributed by atoms with Crippen LogP contribution < -0.4 is 10.6 Å². The van der Waals surface area contributed by atoms with Gasteiger partial charge in [-0.25, -0.2) is 9.37 Å². The zero-order chi connectivity index (χ0) is 25.1. The number of hydrogen-bond acceptors (Lipinski definition) is 5. The van der Waals surface area contributed by atoms with Gasteiger partial charge in [-0.1, -0.05) is 18.6 Å². The Morgan fingerprint density at radius 3 is 2.72 bits per heavy atom. The number of carbonyl (C=O) groups excluding carboxylic acids is 1. The molecular formula is C28H37FN6O. The van der Waals surface area contributed by atoms with Gasteiger partial charge in [0.2, 0.25) is 5.91 Å². The van der Waals surface area contributed by atoms with Crippen LogP contribution in [-0.2, 0) is 24.8 Å². The molecule has 2 aliphatic heterocycles. The molecule has 7 nitrogen and oxygen atoms in total. The molecule has 0 bridgehead atoms. The van der Waals surface area contributed by atoms with E-state index < -0.39 is 6.17 Å². The fraction of sp³-hybridized carbons (Fsp3) is 0.536. The van der Waals surface area contributed by atoms with Gasteiger partial charge in [-0.05, 0) is 81.9 Å². The van der Waals surface area contributed by atoms with Gasteiger partial charge in [0.25, 0.3) is 0 Å². The Labute approximate surface area is 212 Å². The number of nitrogens with one attached hydrogen (secondary N) is 2. The molecule has 2 aliphatic rings. The smallest absolute Gasteiger partial charge is 0.228 e. The number of likely N-dealkylation sites (tertiary alicyclic amines) is 1. The first-order valence-corrected chi connectivity index (χ1v) is 13.3. The first kappa shape index (κ1) is 24.8. The highest BCUT2D eigenvalue weighted by Gasteiger charge is 2.22. The predicted octanol–water partition coefficient (Wildman–Crippen LogP) is 4.46. The average Bonchev–Trinajstić information content (AvgIpc) is 3.24. The topological polar surface area (TPSA) is 75.1 Å². The summed E-state index contributed by atoms with van der Waals surface area (Å²) < 4.78 is 16.0. The number of nitrogens with zero attached hydrogens (tertiary/aromatic N) is 4. The van der Waals surface area contributed by atoms with Crippen LogP contribution in [0.3, 0.4) is 0 Å². The predicted molar refractivity (Wildman–Crippen MR) is 142 cm³/mol. The van der Waals surface area contributed by atoms with Crippen molar-refractivity contribution in [2.75, 3.05) is 31.5 Å². The lowest BCUT2D eigenvalue weighted by molar-refractivity contribution is -0.120. The average molecular weight is 493 g/mol. The van der Waals surface area contributed by atoms with Gasteiger partial charge in [0, 0.05) is 36.9 Å². The zero-order valence-corrected chi connectivity index (χ0v) is 21.4. The summed E-state index contributed by atoms with van der Waals surface area (Å²) in [6.07, 6.45) is 6.56. The monoisotopic (exact) mass is 492 g/mol. The van der Waals surface area contributed by atoms with Gasteiger partial charge in [-0.3, -0.25) is 14.4 Å². The van der Waals surface area contributed by atoms with Crippen molar-refractivity contribution in [3.8, 4) is 11.1 Å². The van der Waals surface area contributed by atoms with Gasteiger partial charge in [0.1, 0.15) is 12.0 Å². The van der Waals surface area contributed by atoms with E-state index in [-0.39, 0.29) is 18.2 Å². The number of pyridine rings is 1. The molecule has 4 heterocycles. The SMILES string of the molecule is C[C@@H](F)Cc1nc(NC(=O)C2CCNCC2)cc2cc(-c3cnn(C)c3CN3CCCCC3)ccc12. The van der Waals surface area contributed by atoms with Gasteiger partial charge in [0.05, 0.1) is 17.6 Å². The lowest BCUT2D eigenvalue weighted by Gasteiger charge is -2.26. The van der Waals surface area contributed by atoms with Crippen LogP contribution in [-0.4, -0.2) is 57.9 Å². The molecule has 2 aromatic heterocycles. The van der Waals surface area contributed by atoms with Crippen LogP contribution in [0.2, 0.25) is 0 Å². The van der Waals surface area contributed by atoms with Gasteiger partial charge >= 0.3 is 0 Å². The summed E-state index contributed by atoms with van der Waals surface area (Å²) in [6, 6.07) is 8.16. The maximum Gasteiger partial charge on any atom is 0.228 e. The first-order chi connectivity index (χ1) is 17.5. The van der Waals surface area contributed by atoms with Crippen molar-refractivity contribution >= 4 is 22.5 Å². The summed E-state index contributed by atoms with van der Waals surface area (Å²) in [7, 11) is 2.00. The minimum Gasteiger partial charge on any atom is -0.317 e. The van der Waals surface area contributed by atoms with Crippen LogP contribution in [0, 0.1) is 5.92 Å². The van der Waals surface area contributed by atoms with Crippen LogP contribution in [0.5, 0.6) is 0 Å². The van der Waals surface area contributed by atoms with Crippen LogP contribution in [0.25, 0.3) is 21.9 Å². The first-order valence-electron chi connectivity index (χ1n) is 13.3. The summed E-state index contributed by atoms with van der Waals surface area (Å²) in [5, 5.41) is 12.8. The second-order valence-corrected chi connectivity index (χ2v) is 10.4. The fourth-order valence-corrected chi connectivity index (χ4v) is 5.52. The number of anilines is 1. The van der Waals surface area contributed by atoms with Crippen molar-refractivity contribution in [3.63, 3.8) is 0 Å². The second kappa shape index (κ2) is 11.0. The Hall–Kier alpha value is -2.84. The van der Waals surface area contributed by atoms with Crippen molar-refractivity contribution in [1.29, 1.82) is 0 Å². The summed E-state index contributed by atoms with van der Waals surface area (Å²) >= 11 is 0. The quantitative estimate of drug-likeness (QED) is 0.509. The number of benzene rings is 1. The zero-order valence-electron chi connectivity index (χ0n) is 21.4. The molecular weight excluding hydrogens is 455 g/mol. The number of carbonyl (C=O) groups is 1. The number of rotatable bonds is 7. The van der Waals surface area contributed by atoms with E-state index in [0.29, 0.717) is 11.5 Å². The largest absolute Gasteiger partial charge is 0.317 e. The number of halogens is 1. The number of aryl methyl sites for hydroxylation is 1. The molecule has 0 unspecified atom stereocenters. The molecule has 1 aromatic carbocycles. The number of fused-ring (bicyclic) bond motifs is 1. The number of piperidine rings is 2. The summed E-state index contributed by atoms with van der Waals surface area (Å²) in [6.45, 7) is 6.37. The molecule has 2 N–H and O–H groups in total. The van der Waals surface area contributed by atoms with E-state index in [1.165, 1.54) is 25.0 Å². The second-order valence-electron chi connectivity index (χ2n) is 10.4. The minimum atomic E-state index is -1.02. The van der Waals surface area contributed by atoms with Crippen molar-refractivity contribution in [2.45, 2.75) is 58.2 Å². The van der Waals surface area contributed by atoms with Crippen LogP contribution in [0.15, 0.2) is 30.5 Å². The highest BCUT2D eigenvalue weighted by Crippen LogP contribution is 2.31. The van der Waals surface area contributed by atoms with E-state index in [0.717, 1.165) is 67.5 Å². The summed E-state index contributed by atoms with van der Waals surface area (Å²) in [5.41, 5.74) is 4.06. The standard InChI is InChI=1S/C28H37FN6O/c1-19(29)14-25-23-7-6-21(24-17-31-34(2)26(24)18-35-12-4-3-5-13-35)15-22(23)16-27(32-25)33-28(36)20-8-10-30-11-9-20/h6-7,15-17,19-20,30H,3-5,8-14,18H2,1-2H3,(H,32,33,36)/t19-/m1/s1. The van der Waals surface area contributed by atoms with E-state index >= 15 is 0 Å². The molecule has 192 valence electrons. The van der Waals surface area contributed by atoms with Gasteiger partial charge in [-0.2, -0.15) is 5.10 Å². The third-order valence-corrected chi connectivity index (χ3v) is 7.54. The molecule has 8 heteroatoms. The summed E-state index contributed by atoms with van der Waals surface area (Å²) in [4.78, 5) is 20.1. The van der Waals surface area contributed by atoms with Crippen molar-refractivity contribution in [3.05, 3.63) is 41.9 Å². The van der Waals surface area contributed by atoms with Crippen molar-refractivity contribution < 1.29 is 9.18 Å². The van der Waals surface area contributed by atoms with E-state index in [2.05, 4.69) is 37.7 Å². The Bertz CT molecular complexity index is 1210. The van der Waals surface area contributed by atoms with E-state index in [1.54, 1.807) is 6.92 Å². The maximum absolute atomic E-state index is 14.1. The summed E-state index contributed by atoms with van der Waals surface area (Å²) in [5.74, 6) is 0.472. The maximum atomic E-state index is 14.1. The van der Waals surface area contributed by atoms with Gasteiger partial charge in [0.15, 0.2) is 0 Å². The van der Waals surface area contributed by atoms with Crippen LogP contribution >= 0.6 is 0 Å². The molecule has 1 amide bonds. The number of aromatic nitrogens is 3. The Balaban J connectivity index is 1.48. The molecule has 2 fully saturated rings. The molecule has 3 aromatic rings. The van der Waals surface area contributed by atoms with Crippen molar-refractivity contribution in [1.82, 2.24) is 25.0 Å². The number of hydrogen-bond donors (Lipinski definition) is 2. The lowest BCUT2D eigenvalue weighted by atomic mass is 9.97. The van der Waals surface area contributed by atoms with Gasteiger partial charge in [-0.15, -0.1) is 0 Å². The van der Waals surface area contributed by atoms with E-state index in [9.17, 15) is 9.18 Å². The third-order valence-electron chi connectivity index (χ3n) is 7.54. The fourth-order valence-electron chi connectivity index (χ4n) is 5.52. The van der Waals surface area contributed by atoms with E-state index in [1.807, 2.05) is 30.1 Å². The molecule has 36 heavy (non-hydrogen) atoms. The molecule has 0 saturated carbocycles. The Morgan fingerprint density at radius 1 is 1.19 bits per heavy atom. The van der Waals surface area contributed by atoms with E-state index in [4.69, 9.17) is 0 Å². The number of alkyl halides is 1. The Kier molecular flexibility index (Phi) is 7.62. The third kappa shape index (κ3) is 5.60. The molecule has 1 atom stereocenters. The van der Waals surface area contributed by atoms with Crippen molar-refractivity contribution in [2.24, 2.45) is 13.0 Å². The van der Waals surface area contributed by atoms with Crippen LogP contribution in [0.1, 0.15) is 50.4 Å². The molecule has 0 aliphatic carbocycles. The number of amides is 1. The highest BCUT2D eigenvalue weighted by molar-refractivity contribution is 5.96.